The van der Waals surface area contributed by atoms with Crippen LogP contribution in [-0.4, -0.2) is 43.7 Å². The molecule has 1 fully saturated rings. The third-order valence-electron chi connectivity index (χ3n) is 5.14. The van der Waals surface area contributed by atoms with E-state index in [1.165, 1.54) is 0 Å². The number of hydrogen-bond donors (Lipinski definition) is 0. The smallest absolute Gasteiger partial charge is 0.348 e. The Morgan fingerprint density at radius 2 is 1.65 bits per heavy atom. The van der Waals surface area contributed by atoms with Crippen molar-refractivity contribution in [1.29, 1.82) is 0 Å². The van der Waals surface area contributed by atoms with Gasteiger partial charge >= 0.3 is 5.97 Å². The number of esters is 1. The number of methoxy groups -OCH3 is 1. The van der Waals surface area contributed by atoms with Crippen LogP contribution in [0.4, 0.5) is 0 Å². The van der Waals surface area contributed by atoms with Gasteiger partial charge in [-0.25, -0.2) is 4.79 Å². The van der Waals surface area contributed by atoms with Gasteiger partial charge in [0.2, 0.25) is 5.60 Å². The van der Waals surface area contributed by atoms with Crippen LogP contribution in [0.1, 0.15) is 30.9 Å². The third-order valence-corrected chi connectivity index (χ3v) is 5.14. The molecule has 4 heteroatoms. The number of likely N-dealkylation sites (N-methyl/N-ethyl adjacent to an activating group) is 1. The predicted octanol–water partition coefficient (Wildman–Crippen LogP) is 3.60. The number of hydrogen-bond acceptors (Lipinski definition) is 4. The zero-order valence-corrected chi connectivity index (χ0v) is 15.6. The van der Waals surface area contributed by atoms with Crippen molar-refractivity contribution in [3.05, 3.63) is 71.8 Å². The minimum atomic E-state index is -1.25. The Hall–Kier alpha value is -2.17. The van der Waals surface area contributed by atoms with Gasteiger partial charge in [0, 0.05) is 13.7 Å². The lowest BCUT2D eigenvalue weighted by molar-refractivity contribution is -0.173. The molecule has 26 heavy (non-hydrogen) atoms. The Balaban J connectivity index is 1.94. The van der Waals surface area contributed by atoms with Gasteiger partial charge in [-0.3, -0.25) is 4.90 Å². The molecule has 3 rings (SSSR count). The van der Waals surface area contributed by atoms with Crippen molar-refractivity contribution >= 4 is 5.97 Å². The molecule has 1 heterocycles. The normalized spacial score (nSPS) is 18.5. The first kappa shape index (κ1) is 18.6. The number of carbonyl (C=O) groups is 1. The molecule has 0 N–H and O–H groups in total. The Labute approximate surface area is 155 Å². The summed E-state index contributed by atoms with van der Waals surface area (Å²) in [6, 6.07) is 19.2. The van der Waals surface area contributed by atoms with E-state index < -0.39 is 5.60 Å². The van der Waals surface area contributed by atoms with E-state index in [1.54, 1.807) is 7.11 Å². The van der Waals surface area contributed by atoms with Gasteiger partial charge in [0.25, 0.3) is 0 Å². The zero-order chi connectivity index (χ0) is 18.4. The van der Waals surface area contributed by atoms with Crippen molar-refractivity contribution in [3.63, 3.8) is 0 Å². The maximum atomic E-state index is 13.4. The van der Waals surface area contributed by atoms with E-state index in [2.05, 4.69) is 11.8 Å². The van der Waals surface area contributed by atoms with E-state index in [4.69, 9.17) is 9.47 Å². The molecule has 2 aromatic carbocycles. The summed E-state index contributed by atoms with van der Waals surface area (Å²) in [5.74, 6) is -0.347. The van der Waals surface area contributed by atoms with Crippen molar-refractivity contribution in [2.45, 2.75) is 31.5 Å². The fraction of sp³-hybridized carbons (Fsp3) is 0.409. The second-order valence-electron chi connectivity index (χ2n) is 6.68. The van der Waals surface area contributed by atoms with Crippen LogP contribution >= 0.6 is 0 Å². The van der Waals surface area contributed by atoms with Crippen LogP contribution in [0.5, 0.6) is 0 Å². The summed E-state index contributed by atoms with van der Waals surface area (Å²) in [7, 11) is 1.57. The molecule has 0 bridgehead atoms. The highest BCUT2D eigenvalue weighted by molar-refractivity contribution is 5.86. The summed E-state index contributed by atoms with van der Waals surface area (Å²) < 4.78 is 11.9. The Morgan fingerprint density at radius 3 is 2.15 bits per heavy atom. The van der Waals surface area contributed by atoms with E-state index >= 15 is 0 Å². The van der Waals surface area contributed by atoms with Crippen LogP contribution in [0.2, 0.25) is 0 Å². The highest BCUT2D eigenvalue weighted by Crippen LogP contribution is 2.35. The van der Waals surface area contributed by atoms with Crippen molar-refractivity contribution < 1.29 is 14.3 Å². The van der Waals surface area contributed by atoms with Crippen molar-refractivity contribution in [3.8, 4) is 0 Å². The van der Waals surface area contributed by atoms with Crippen LogP contribution in [0.15, 0.2) is 60.7 Å². The van der Waals surface area contributed by atoms with Gasteiger partial charge in [-0.1, -0.05) is 67.6 Å². The highest BCUT2D eigenvalue weighted by Gasteiger charge is 2.45. The zero-order valence-electron chi connectivity index (χ0n) is 15.6. The Kier molecular flexibility index (Phi) is 6.07. The SMILES string of the molecule is CCN1CCCC(OC(=O)C(OC)(c2ccccc2)c2ccccc2)C1. The summed E-state index contributed by atoms with van der Waals surface area (Å²) in [5, 5.41) is 0. The largest absolute Gasteiger partial charge is 0.458 e. The van der Waals surface area contributed by atoms with E-state index in [0.29, 0.717) is 0 Å². The maximum absolute atomic E-state index is 13.4. The van der Waals surface area contributed by atoms with E-state index in [1.807, 2.05) is 60.7 Å². The molecule has 1 saturated heterocycles. The quantitative estimate of drug-likeness (QED) is 0.744. The first-order valence-corrected chi connectivity index (χ1v) is 9.30. The molecule has 0 amide bonds. The molecule has 0 aromatic heterocycles. The molecule has 1 atom stereocenters. The number of nitrogens with zero attached hydrogens (tertiary/aromatic N) is 1. The number of piperidine rings is 1. The number of benzene rings is 2. The fourth-order valence-electron chi connectivity index (χ4n) is 3.70. The third kappa shape index (κ3) is 3.67. The van der Waals surface area contributed by atoms with Crippen LogP contribution in [0, 0.1) is 0 Å². The Bertz CT molecular complexity index is 662. The van der Waals surface area contributed by atoms with E-state index in [0.717, 1.165) is 43.6 Å². The molecule has 0 spiro atoms. The minimum Gasteiger partial charge on any atom is -0.458 e. The first-order chi connectivity index (χ1) is 12.7. The van der Waals surface area contributed by atoms with Crippen LogP contribution in [-0.2, 0) is 19.9 Å². The maximum Gasteiger partial charge on any atom is 0.348 e. The highest BCUT2D eigenvalue weighted by atomic mass is 16.6. The fourth-order valence-corrected chi connectivity index (χ4v) is 3.70. The molecule has 4 nitrogen and oxygen atoms in total. The van der Waals surface area contributed by atoms with Crippen molar-refractivity contribution in [1.82, 2.24) is 4.90 Å². The summed E-state index contributed by atoms with van der Waals surface area (Å²) in [4.78, 5) is 15.7. The van der Waals surface area contributed by atoms with Gasteiger partial charge in [0.05, 0.1) is 0 Å². The minimum absolute atomic E-state index is 0.0989. The molecule has 0 radical (unpaired) electrons. The van der Waals surface area contributed by atoms with Gasteiger partial charge in [0.1, 0.15) is 6.10 Å². The van der Waals surface area contributed by atoms with Gasteiger partial charge < -0.3 is 9.47 Å². The van der Waals surface area contributed by atoms with Crippen LogP contribution in [0.3, 0.4) is 0 Å². The molecule has 0 saturated carbocycles. The van der Waals surface area contributed by atoms with Crippen molar-refractivity contribution in [2.24, 2.45) is 0 Å². The summed E-state index contributed by atoms with van der Waals surface area (Å²) >= 11 is 0. The molecular formula is C22H27NO3. The first-order valence-electron chi connectivity index (χ1n) is 9.30. The lowest BCUT2D eigenvalue weighted by atomic mass is 9.86. The topological polar surface area (TPSA) is 38.8 Å². The lowest BCUT2D eigenvalue weighted by Crippen LogP contribution is -2.46. The number of ether oxygens (including phenoxy) is 2. The predicted molar refractivity (Wildman–Crippen MR) is 102 cm³/mol. The van der Waals surface area contributed by atoms with Gasteiger partial charge in [-0.05, 0) is 37.1 Å². The van der Waals surface area contributed by atoms with Gasteiger partial charge in [-0.2, -0.15) is 0 Å². The standard InChI is InChI=1S/C22H27NO3/c1-3-23-16-10-15-20(17-23)26-21(24)22(25-2,18-11-6-4-7-12-18)19-13-8-5-9-14-19/h4-9,11-14,20H,3,10,15-17H2,1-2H3. The molecular weight excluding hydrogens is 326 g/mol. The van der Waals surface area contributed by atoms with Crippen molar-refractivity contribution in [2.75, 3.05) is 26.7 Å². The molecule has 138 valence electrons. The Morgan fingerprint density at radius 1 is 1.08 bits per heavy atom. The van der Waals surface area contributed by atoms with Gasteiger partial charge in [-0.15, -0.1) is 0 Å². The molecule has 2 aromatic rings. The average molecular weight is 353 g/mol. The number of rotatable bonds is 6. The molecule has 1 aliphatic heterocycles. The lowest BCUT2D eigenvalue weighted by Gasteiger charge is -2.36. The van der Waals surface area contributed by atoms with Crippen LogP contribution in [0.25, 0.3) is 0 Å². The summed E-state index contributed by atoms with van der Waals surface area (Å²) in [6.07, 6.45) is 1.84. The second kappa shape index (κ2) is 8.47. The van der Waals surface area contributed by atoms with E-state index in [9.17, 15) is 4.79 Å². The molecule has 1 aliphatic rings. The number of likely N-dealkylation sites (tertiary alicyclic amines) is 1. The van der Waals surface area contributed by atoms with Crippen LogP contribution < -0.4 is 0 Å². The molecule has 1 unspecified atom stereocenters. The number of carbonyl (C=O) groups excluding carboxylic acids is 1. The monoisotopic (exact) mass is 353 g/mol. The average Bonchev–Trinajstić information content (AvgIpc) is 2.71. The second-order valence-corrected chi connectivity index (χ2v) is 6.68. The summed E-state index contributed by atoms with van der Waals surface area (Å²) in [6.45, 7) is 4.96. The van der Waals surface area contributed by atoms with E-state index in [-0.39, 0.29) is 12.1 Å². The van der Waals surface area contributed by atoms with Gasteiger partial charge in [0.15, 0.2) is 0 Å². The molecule has 0 aliphatic carbocycles. The summed E-state index contributed by atoms with van der Waals surface area (Å²) in [5.41, 5.74) is 0.306.